The number of rotatable bonds is 7. The molecule has 0 aliphatic heterocycles. The molecule has 2 aromatic carbocycles. The maximum absolute atomic E-state index is 12.8. The average Bonchev–Trinajstić information content (AvgIpc) is 2.70. The van der Waals surface area contributed by atoms with Crippen LogP contribution in [0.4, 0.5) is 13.2 Å². The zero-order valence-electron chi connectivity index (χ0n) is 16.1. The molecule has 156 valence electrons. The molecule has 0 aromatic heterocycles. The molecule has 0 heterocycles. The quantitative estimate of drug-likeness (QED) is 0.734. The number of benzene rings is 2. The molecule has 0 aliphatic rings. The Morgan fingerprint density at radius 3 is 2.34 bits per heavy atom. The van der Waals surface area contributed by atoms with Crippen LogP contribution in [-0.4, -0.2) is 32.6 Å². The normalized spacial score (nSPS) is 12.1. The lowest BCUT2D eigenvalue weighted by Gasteiger charge is -2.16. The van der Waals surface area contributed by atoms with Crippen molar-refractivity contribution in [2.75, 3.05) is 20.8 Å². The number of amides is 2. The minimum atomic E-state index is -4.47. The summed E-state index contributed by atoms with van der Waals surface area (Å²) in [5, 5.41) is 5.01. The Kier molecular flexibility index (Phi) is 7.08. The molecule has 0 saturated heterocycles. The van der Waals surface area contributed by atoms with Gasteiger partial charge in [-0.2, -0.15) is 13.2 Å². The van der Waals surface area contributed by atoms with E-state index >= 15 is 0 Å². The zero-order chi connectivity index (χ0) is 21.6. The summed E-state index contributed by atoms with van der Waals surface area (Å²) in [6.07, 6.45) is -4.47. The van der Waals surface area contributed by atoms with Crippen molar-refractivity contribution in [1.82, 2.24) is 10.6 Å². The van der Waals surface area contributed by atoms with Gasteiger partial charge in [0.1, 0.15) is 0 Å². The molecule has 0 unspecified atom stereocenters. The van der Waals surface area contributed by atoms with Crippen LogP contribution in [0.3, 0.4) is 0 Å². The Bertz CT molecular complexity index is 884. The standard InChI is InChI=1S/C20H21F3N2O4/c1-12(13-5-4-6-15(9-13)20(21,22)23)25-18(26)11-24-19(27)14-7-8-16(28-2)17(10-14)29-3/h4-10,12H,11H2,1-3H3,(H,24,27)(H,25,26)/t12-/m1/s1. The van der Waals surface area contributed by atoms with Crippen LogP contribution >= 0.6 is 0 Å². The van der Waals surface area contributed by atoms with Crippen molar-refractivity contribution in [3.63, 3.8) is 0 Å². The van der Waals surface area contributed by atoms with Crippen molar-refractivity contribution < 1.29 is 32.2 Å². The first-order chi connectivity index (χ1) is 13.7. The minimum absolute atomic E-state index is 0.265. The summed E-state index contributed by atoms with van der Waals surface area (Å²) in [6.45, 7) is 1.22. The van der Waals surface area contributed by atoms with Gasteiger partial charge in [-0.15, -0.1) is 0 Å². The Labute approximate surface area is 166 Å². The van der Waals surface area contributed by atoms with Crippen molar-refractivity contribution in [3.05, 3.63) is 59.2 Å². The molecule has 0 aliphatic carbocycles. The SMILES string of the molecule is COc1ccc(C(=O)NCC(=O)N[C@H](C)c2cccc(C(F)(F)F)c2)cc1OC. The van der Waals surface area contributed by atoms with Gasteiger partial charge >= 0.3 is 6.18 Å². The molecule has 2 aromatic rings. The Balaban J connectivity index is 1.95. The third kappa shape index (κ3) is 5.87. The second-order valence-corrected chi connectivity index (χ2v) is 6.16. The van der Waals surface area contributed by atoms with Crippen LogP contribution in [0.25, 0.3) is 0 Å². The second-order valence-electron chi connectivity index (χ2n) is 6.16. The maximum atomic E-state index is 12.8. The summed E-state index contributed by atoms with van der Waals surface area (Å²) in [6, 6.07) is 8.58. The number of alkyl halides is 3. The highest BCUT2D eigenvalue weighted by Gasteiger charge is 2.30. The molecule has 0 radical (unpaired) electrons. The molecular weight excluding hydrogens is 389 g/mol. The van der Waals surface area contributed by atoms with E-state index in [1.54, 1.807) is 13.0 Å². The largest absolute Gasteiger partial charge is 0.493 e. The van der Waals surface area contributed by atoms with Crippen LogP contribution in [0, 0.1) is 0 Å². The van der Waals surface area contributed by atoms with E-state index in [1.165, 1.54) is 38.5 Å². The third-order valence-electron chi connectivity index (χ3n) is 4.15. The number of carbonyl (C=O) groups is 2. The van der Waals surface area contributed by atoms with Gasteiger partial charge in [-0.1, -0.05) is 12.1 Å². The molecule has 2 N–H and O–H groups in total. The van der Waals surface area contributed by atoms with Crippen molar-refractivity contribution in [2.24, 2.45) is 0 Å². The third-order valence-corrected chi connectivity index (χ3v) is 4.15. The van der Waals surface area contributed by atoms with Gasteiger partial charge in [0.25, 0.3) is 5.91 Å². The highest BCUT2D eigenvalue weighted by Crippen LogP contribution is 2.30. The van der Waals surface area contributed by atoms with Gasteiger partial charge in [0.15, 0.2) is 11.5 Å². The summed E-state index contributed by atoms with van der Waals surface area (Å²) in [4.78, 5) is 24.3. The van der Waals surface area contributed by atoms with Gasteiger partial charge in [-0.05, 0) is 42.8 Å². The molecule has 29 heavy (non-hydrogen) atoms. The molecule has 2 rings (SSSR count). The number of hydrogen-bond acceptors (Lipinski definition) is 4. The lowest BCUT2D eigenvalue weighted by molar-refractivity contribution is -0.137. The van der Waals surface area contributed by atoms with Crippen LogP contribution < -0.4 is 20.1 Å². The van der Waals surface area contributed by atoms with Gasteiger partial charge in [-0.25, -0.2) is 0 Å². The number of methoxy groups -OCH3 is 2. The predicted molar refractivity (Wildman–Crippen MR) is 99.9 cm³/mol. The minimum Gasteiger partial charge on any atom is -0.493 e. The van der Waals surface area contributed by atoms with Crippen molar-refractivity contribution in [3.8, 4) is 11.5 Å². The molecule has 0 spiro atoms. The van der Waals surface area contributed by atoms with Crippen molar-refractivity contribution >= 4 is 11.8 Å². The maximum Gasteiger partial charge on any atom is 0.416 e. The smallest absolute Gasteiger partial charge is 0.416 e. The molecule has 0 saturated carbocycles. The van der Waals surface area contributed by atoms with Gasteiger partial charge in [-0.3, -0.25) is 9.59 Å². The zero-order valence-corrected chi connectivity index (χ0v) is 16.1. The second kappa shape index (κ2) is 9.31. The fraction of sp³-hybridized carbons (Fsp3) is 0.300. The highest BCUT2D eigenvalue weighted by atomic mass is 19.4. The van der Waals surface area contributed by atoms with E-state index in [-0.39, 0.29) is 12.1 Å². The van der Waals surface area contributed by atoms with E-state index in [4.69, 9.17) is 9.47 Å². The summed E-state index contributed by atoms with van der Waals surface area (Å²) in [5.74, 6) is -0.226. The fourth-order valence-corrected chi connectivity index (χ4v) is 2.60. The van der Waals surface area contributed by atoms with Crippen molar-refractivity contribution in [1.29, 1.82) is 0 Å². The molecule has 1 atom stereocenters. The number of nitrogens with one attached hydrogen (secondary N) is 2. The number of halogens is 3. The first-order valence-electron chi connectivity index (χ1n) is 8.62. The molecular formula is C20H21F3N2O4. The van der Waals surface area contributed by atoms with E-state index in [2.05, 4.69) is 10.6 Å². The Hall–Kier alpha value is -3.23. The molecule has 0 fully saturated rings. The van der Waals surface area contributed by atoms with Crippen LogP contribution in [0.5, 0.6) is 11.5 Å². The van der Waals surface area contributed by atoms with E-state index in [1.807, 2.05) is 0 Å². The Morgan fingerprint density at radius 1 is 1.03 bits per heavy atom. The summed E-state index contributed by atoms with van der Waals surface area (Å²) < 4.78 is 48.7. The summed E-state index contributed by atoms with van der Waals surface area (Å²) in [5.41, 5.74) is -0.223. The van der Waals surface area contributed by atoms with Crippen LogP contribution in [0.15, 0.2) is 42.5 Å². The van der Waals surface area contributed by atoms with Gasteiger partial charge in [0.2, 0.25) is 5.91 Å². The van der Waals surface area contributed by atoms with Gasteiger partial charge < -0.3 is 20.1 Å². The van der Waals surface area contributed by atoms with Gasteiger partial charge in [0.05, 0.1) is 32.4 Å². The fourth-order valence-electron chi connectivity index (χ4n) is 2.60. The molecule has 6 nitrogen and oxygen atoms in total. The predicted octanol–water partition coefficient (Wildman–Crippen LogP) is 3.33. The first-order valence-corrected chi connectivity index (χ1v) is 8.62. The van der Waals surface area contributed by atoms with E-state index < -0.39 is 29.6 Å². The van der Waals surface area contributed by atoms with E-state index in [0.717, 1.165) is 12.1 Å². The van der Waals surface area contributed by atoms with Crippen LogP contribution in [0.2, 0.25) is 0 Å². The average molecular weight is 410 g/mol. The number of carbonyl (C=O) groups excluding carboxylic acids is 2. The summed E-state index contributed by atoms with van der Waals surface area (Å²) >= 11 is 0. The highest BCUT2D eigenvalue weighted by molar-refractivity contribution is 5.97. The lowest BCUT2D eigenvalue weighted by atomic mass is 10.0. The topological polar surface area (TPSA) is 76.7 Å². The molecule has 2 amide bonds. The first kappa shape index (κ1) is 22.1. The van der Waals surface area contributed by atoms with Crippen LogP contribution in [0.1, 0.15) is 34.5 Å². The van der Waals surface area contributed by atoms with Crippen molar-refractivity contribution in [2.45, 2.75) is 19.1 Å². The van der Waals surface area contributed by atoms with E-state index in [9.17, 15) is 22.8 Å². The summed E-state index contributed by atoms with van der Waals surface area (Å²) in [7, 11) is 2.90. The van der Waals surface area contributed by atoms with Crippen LogP contribution in [-0.2, 0) is 11.0 Å². The Morgan fingerprint density at radius 2 is 1.72 bits per heavy atom. The monoisotopic (exact) mass is 410 g/mol. The molecule has 0 bridgehead atoms. The van der Waals surface area contributed by atoms with Gasteiger partial charge in [0, 0.05) is 5.56 Å². The lowest BCUT2D eigenvalue weighted by Crippen LogP contribution is -2.38. The number of hydrogen-bond donors (Lipinski definition) is 2. The number of ether oxygens (including phenoxy) is 2. The van der Waals surface area contributed by atoms with E-state index in [0.29, 0.717) is 17.1 Å². The molecule has 9 heteroatoms.